The van der Waals surface area contributed by atoms with Gasteiger partial charge in [-0.15, -0.1) is 0 Å². The Balaban J connectivity index is 0.000000148. The molecule has 12 aliphatic carbocycles. The molecule has 6 N–H and O–H groups in total. The van der Waals surface area contributed by atoms with Crippen molar-refractivity contribution in [2.24, 2.45) is 151 Å². The lowest BCUT2D eigenvalue weighted by atomic mass is 9.43. The Morgan fingerprint density at radius 2 is 0.678 bits per heavy atom. The Hall–Kier alpha value is -0.500. The predicted octanol–water partition coefficient (Wildman–Crippen LogP) is 20.4. The zero-order valence-electron chi connectivity index (χ0n) is 62.2. The van der Waals surface area contributed by atoms with Crippen LogP contribution in [-0.4, -0.2) is 65.8 Å². The second-order valence-corrected chi connectivity index (χ2v) is 40.0. The molecule has 11 saturated carbocycles. The van der Waals surface area contributed by atoms with Crippen LogP contribution in [0, 0.1) is 151 Å². The molecule has 12 rings (SSSR count). The van der Waals surface area contributed by atoms with E-state index in [0.717, 1.165) is 149 Å². The van der Waals surface area contributed by atoms with Crippen LogP contribution >= 0.6 is 0 Å². The van der Waals surface area contributed by atoms with Crippen molar-refractivity contribution in [2.75, 3.05) is 0 Å². The summed E-state index contributed by atoms with van der Waals surface area (Å²) >= 11 is 0. The van der Waals surface area contributed by atoms with Crippen molar-refractivity contribution in [3.63, 3.8) is 0 Å². The van der Waals surface area contributed by atoms with E-state index in [1.54, 1.807) is 5.57 Å². The van der Waals surface area contributed by atoms with Gasteiger partial charge in [0.05, 0.1) is 35.1 Å². The molecule has 0 amide bonds. The highest BCUT2D eigenvalue weighted by Crippen LogP contribution is 2.72. The largest absolute Gasteiger partial charge is 0.393 e. The molecule has 90 heavy (non-hydrogen) atoms. The van der Waals surface area contributed by atoms with Crippen LogP contribution in [-0.2, 0) is 0 Å². The molecule has 0 aliphatic heterocycles. The van der Waals surface area contributed by atoms with E-state index in [1.165, 1.54) is 122 Å². The Morgan fingerprint density at radius 1 is 0.344 bits per heavy atom. The monoisotopic (exact) mass is 1250 g/mol. The van der Waals surface area contributed by atoms with E-state index in [9.17, 15) is 30.6 Å². The molecule has 0 bridgehead atoms. The van der Waals surface area contributed by atoms with Gasteiger partial charge in [0.25, 0.3) is 0 Å². The molecule has 11 fully saturated rings. The third kappa shape index (κ3) is 13.7. The molecule has 0 aromatic heterocycles. The summed E-state index contributed by atoms with van der Waals surface area (Å²) in [5, 5.41) is 65.1. The summed E-state index contributed by atoms with van der Waals surface area (Å²) in [5.74, 6) is 14.5. The van der Waals surface area contributed by atoms with Crippen molar-refractivity contribution in [2.45, 2.75) is 365 Å². The summed E-state index contributed by atoms with van der Waals surface area (Å²) in [4.78, 5) is 0. The number of fused-ring (bicyclic) bond motifs is 15. The SMILES string of the molecule is CC(C)CC[C@@H](O)[C@@H](C)[C@H]1CC[C@H]2[C@@H]3CC=C4C[C@@](C)(O)CC[C@]4(C)[C@H]3CC[C@]12C.CC(C)CC[C@@H](O)[C@@H](C)[C@H]1CC[C@H]2[C@@H]3CC[C@@H]4C[C@@](C)(O)CC[C@]4(C)[C@H]3CC[C@]12C.CC(C)CC[C@@H](O)[C@@H](C)[C@H]1CC[C@H]2[C@@H]3CC[C@H]4C[C@@](C)(O)CC[C@]4(C)[C@H]3CC[C@]12C. The maximum Gasteiger partial charge on any atom is 0.0657 e. The van der Waals surface area contributed by atoms with Crippen LogP contribution < -0.4 is 0 Å². The van der Waals surface area contributed by atoms with Crippen molar-refractivity contribution in [1.29, 1.82) is 0 Å². The van der Waals surface area contributed by atoms with Gasteiger partial charge in [-0.3, -0.25) is 0 Å². The molecule has 0 aromatic rings. The number of hydrogen-bond acceptors (Lipinski definition) is 6. The van der Waals surface area contributed by atoms with Gasteiger partial charge in [0.15, 0.2) is 0 Å². The topological polar surface area (TPSA) is 121 Å². The van der Waals surface area contributed by atoms with E-state index in [-0.39, 0.29) is 18.3 Å². The molecule has 0 heterocycles. The smallest absolute Gasteiger partial charge is 0.0657 e. The molecule has 29 atom stereocenters. The normalized spacial score (nSPS) is 49.6. The fraction of sp³-hybridized carbons (Fsp3) is 0.976. The van der Waals surface area contributed by atoms with Crippen molar-refractivity contribution in [3.8, 4) is 0 Å². The maximum absolute atomic E-state index is 11.0. The summed E-state index contributed by atoms with van der Waals surface area (Å²) in [7, 11) is 0. The Kier molecular flexibility index (Phi) is 21.7. The van der Waals surface area contributed by atoms with Crippen LogP contribution in [0.1, 0.15) is 330 Å². The highest BCUT2D eigenvalue weighted by Gasteiger charge is 2.65. The molecule has 0 spiro atoms. The minimum atomic E-state index is -0.499. The van der Waals surface area contributed by atoms with Gasteiger partial charge >= 0.3 is 0 Å². The molecule has 6 heteroatoms. The van der Waals surface area contributed by atoms with Crippen molar-refractivity contribution < 1.29 is 30.6 Å². The van der Waals surface area contributed by atoms with Crippen LogP contribution in [0.25, 0.3) is 0 Å². The number of allylic oxidation sites excluding steroid dienone is 1. The summed E-state index contributed by atoms with van der Waals surface area (Å²) in [6.07, 6.45) is 41.0. The molecular weight excluding hydrogens is 1100 g/mol. The Labute approximate surface area is 555 Å². The highest BCUT2D eigenvalue weighted by atomic mass is 16.3. The lowest BCUT2D eigenvalue weighted by molar-refractivity contribution is -0.149. The zero-order valence-corrected chi connectivity index (χ0v) is 62.2. The number of rotatable bonds is 15. The first kappa shape index (κ1) is 72.2. The third-order valence-corrected chi connectivity index (χ3v) is 33.4. The van der Waals surface area contributed by atoms with Gasteiger partial charge in [-0.2, -0.15) is 0 Å². The van der Waals surface area contributed by atoms with Crippen molar-refractivity contribution in [1.82, 2.24) is 0 Å². The van der Waals surface area contributed by atoms with Crippen LogP contribution in [0.5, 0.6) is 0 Å². The van der Waals surface area contributed by atoms with E-state index >= 15 is 0 Å². The Bertz CT molecular complexity index is 2300. The number of aliphatic hydroxyl groups excluding tert-OH is 3. The summed E-state index contributed by atoms with van der Waals surface area (Å²) in [6, 6.07) is 0. The van der Waals surface area contributed by atoms with Gasteiger partial charge in [0, 0.05) is 0 Å². The summed E-state index contributed by atoms with van der Waals surface area (Å²) in [5.41, 5.74) is 2.69. The molecule has 520 valence electrons. The van der Waals surface area contributed by atoms with Gasteiger partial charge in [-0.1, -0.05) is 116 Å². The second-order valence-electron chi connectivity index (χ2n) is 40.0. The number of hydrogen-bond donors (Lipinski definition) is 6. The number of aliphatic hydroxyl groups is 6. The summed E-state index contributed by atoms with van der Waals surface area (Å²) < 4.78 is 0. The lowest BCUT2D eigenvalue weighted by Crippen LogP contribution is -2.55. The fourth-order valence-corrected chi connectivity index (χ4v) is 27.5. The van der Waals surface area contributed by atoms with E-state index < -0.39 is 16.8 Å². The van der Waals surface area contributed by atoms with E-state index in [1.807, 2.05) is 6.92 Å². The molecule has 6 nitrogen and oxygen atoms in total. The van der Waals surface area contributed by atoms with E-state index in [0.29, 0.717) is 85.8 Å². The molecule has 0 unspecified atom stereocenters. The quantitative estimate of drug-likeness (QED) is 0.0909. The second kappa shape index (κ2) is 27.0. The van der Waals surface area contributed by atoms with Crippen LogP contribution in [0.3, 0.4) is 0 Å². The van der Waals surface area contributed by atoms with Crippen LogP contribution in [0.2, 0.25) is 0 Å². The molecule has 0 radical (unpaired) electrons. The first-order chi connectivity index (χ1) is 41.9. The average molecular weight is 1250 g/mol. The van der Waals surface area contributed by atoms with Gasteiger partial charge in [-0.05, 0) is 377 Å². The van der Waals surface area contributed by atoms with Crippen molar-refractivity contribution in [3.05, 3.63) is 11.6 Å². The summed E-state index contributed by atoms with van der Waals surface area (Å²) in [6.45, 7) is 42.4. The highest BCUT2D eigenvalue weighted by molar-refractivity contribution is 5.27. The first-order valence-corrected chi connectivity index (χ1v) is 39.8. The maximum atomic E-state index is 11.0. The minimum Gasteiger partial charge on any atom is -0.393 e. The van der Waals surface area contributed by atoms with E-state index in [4.69, 9.17) is 0 Å². The van der Waals surface area contributed by atoms with Gasteiger partial charge in [-0.25, -0.2) is 0 Å². The lowest BCUT2D eigenvalue weighted by Gasteiger charge is -2.62. The Morgan fingerprint density at radius 3 is 1.04 bits per heavy atom. The zero-order chi connectivity index (χ0) is 65.7. The van der Waals surface area contributed by atoms with Crippen LogP contribution in [0.15, 0.2) is 11.6 Å². The molecular formula is C84H148O6. The predicted molar refractivity (Wildman–Crippen MR) is 375 cm³/mol. The minimum absolute atomic E-state index is 0.125. The van der Waals surface area contributed by atoms with E-state index in [2.05, 4.69) is 124 Å². The molecule has 0 aromatic carbocycles. The average Bonchev–Trinajstić information content (AvgIpc) is 1.31. The molecule has 0 saturated heterocycles. The standard InChI is InChI=1S/2C28H50O2.C28H48O2/c3*1-18(2)7-12-25(29)19(3)22-10-11-23-21-9-8-20-17-26(4,30)15-16-27(20,5)24(21)13-14-28(22,23)6/h2*18-25,29-30H,7-17H2,1-6H3;8,18-19,21-25,29-30H,7,9-17H2,1-6H3/t19-,20+,21-,22+,23-,24-,25+,26-,27-,28+;19-,20-,21-,22+,23-,24-,25+,26-,27-,28+;19-,21-,22+,23-,24-,25+,26-,27-,28+/m000/s1. The van der Waals surface area contributed by atoms with Crippen LogP contribution in [0.4, 0.5) is 0 Å². The third-order valence-electron chi connectivity index (χ3n) is 33.4. The van der Waals surface area contributed by atoms with Crippen molar-refractivity contribution >= 4 is 0 Å². The first-order valence-electron chi connectivity index (χ1n) is 39.8. The van der Waals surface area contributed by atoms with Gasteiger partial charge in [0.1, 0.15) is 0 Å². The molecule has 12 aliphatic rings. The fourth-order valence-electron chi connectivity index (χ4n) is 27.5. The van der Waals surface area contributed by atoms with Gasteiger partial charge in [0.2, 0.25) is 0 Å². The van der Waals surface area contributed by atoms with Gasteiger partial charge < -0.3 is 30.6 Å².